The number of aromatic nitrogens is 3. The Hall–Kier alpha value is -2.72. The lowest BCUT2D eigenvalue weighted by molar-refractivity contribution is -0.142. The second kappa shape index (κ2) is 9.41. The number of ether oxygens (including phenoxy) is 1. The zero-order chi connectivity index (χ0) is 22.7. The number of hydrogen-bond acceptors (Lipinski definition) is 4. The quantitative estimate of drug-likeness (QED) is 0.519. The molecule has 0 saturated carbocycles. The maximum Gasteiger partial charge on any atom is 0.433 e. The van der Waals surface area contributed by atoms with Gasteiger partial charge in [0.15, 0.2) is 0 Å². The molecule has 1 N–H and O–H groups in total. The molecule has 0 unspecified atom stereocenters. The minimum Gasteiger partial charge on any atom is -0.381 e. The second-order valence-corrected chi connectivity index (χ2v) is 8.42. The van der Waals surface area contributed by atoms with Gasteiger partial charge in [0.05, 0.1) is 24.0 Å². The molecule has 3 aromatic rings. The lowest BCUT2D eigenvalue weighted by atomic mass is 9.96. The standard InChI is InChI=1S/C22H20BrF3N4O2/c23-16-3-1-2-14(10-16)11-21(31)28-20-5-4-17(13-27-20)30-19(22(24,25)26)12-18(29-30)15-6-8-32-9-7-15/h1-5,10,12-13,15H,6-9,11H2,(H,27,28,31). The van der Waals surface area contributed by atoms with Crippen molar-refractivity contribution in [1.82, 2.24) is 14.8 Å². The average molecular weight is 509 g/mol. The van der Waals surface area contributed by atoms with Gasteiger partial charge in [0.2, 0.25) is 5.91 Å². The zero-order valence-corrected chi connectivity index (χ0v) is 18.5. The topological polar surface area (TPSA) is 69.0 Å². The highest BCUT2D eigenvalue weighted by Crippen LogP contribution is 2.35. The number of hydrogen-bond donors (Lipinski definition) is 1. The van der Waals surface area contributed by atoms with E-state index in [4.69, 9.17) is 4.74 Å². The van der Waals surface area contributed by atoms with Crippen LogP contribution >= 0.6 is 15.9 Å². The van der Waals surface area contributed by atoms with Gasteiger partial charge in [0.1, 0.15) is 11.5 Å². The number of carbonyl (C=O) groups excluding carboxylic acids is 1. The monoisotopic (exact) mass is 508 g/mol. The molecule has 3 heterocycles. The van der Waals surface area contributed by atoms with Crippen LogP contribution in [0.1, 0.15) is 35.7 Å². The summed E-state index contributed by atoms with van der Waals surface area (Å²) in [6.07, 6.45) is -1.88. The SMILES string of the molecule is O=C(Cc1cccc(Br)c1)Nc1ccc(-n2nc(C3CCOCC3)cc2C(F)(F)F)cn1. The molecule has 1 amide bonds. The highest BCUT2D eigenvalue weighted by Gasteiger charge is 2.37. The normalized spacial score (nSPS) is 15.0. The summed E-state index contributed by atoms with van der Waals surface area (Å²) in [5.41, 5.74) is 0.528. The third kappa shape index (κ3) is 5.36. The number of pyridine rings is 1. The summed E-state index contributed by atoms with van der Waals surface area (Å²) >= 11 is 3.36. The number of halogens is 4. The molecule has 168 valence electrons. The van der Waals surface area contributed by atoms with E-state index < -0.39 is 11.9 Å². The number of amides is 1. The summed E-state index contributed by atoms with van der Waals surface area (Å²) in [6.45, 7) is 1.02. The van der Waals surface area contributed by atoms with E-state index in [1.165, 1.54) is 18.3 Å². The first-order valence-corrected chi connectivity index (χ1v) is 10.8. The summed E-state index contributed by atoms with van der Waals surface area (Å²) in [6, 6.07) is 11.4. The van der Waals surface area contributed by atoms with Crippen molar-refractivity contribution in [3.8, 4) is 5.69 Å². The van der Waals surface area contributed by atoms with Crippen molar-refractivity contribution >= 4 is 27.7 Å². The molecule has 1 saturated heterocycles. The smallest absolute Gasteiger partial charge is 0.381 e. The number of carbonyl (C=O) groups is 1. The summed E-state index contributed by atoms with van der Waals surface area (Å²) < 4.78 is 47.9. The van der Waals surface area contributed by atoms with E-state index in [1.54, 1.807) is 0 Å². The molecule has 6 nitrogen and oxygen atoms in total. The average Bonchev–Trinajstić information content (AvgIpc) is 3.21. The van der Waals surface area contributed by atoms with Gasteiger partial charge in [-0.05, 0) is 48.7 Å². The Morgan fingerprint density at radius 1 is 1.19 bits per heavy atom. The third-order valence-corrected chi connectivity index (χ3v) is 5.67. The fourth-order valence-corrected chi connectivity index (χ4v) is 4.04. The molecular weight excluding hydrogens is 489 g/mol. The maximum atomic E-state index is 13.6. The first-order valence-electron chi connectivity index (χ1n) is 10.1. The lowest BCUT2D eigenvalue weighted by Gasteiger charge is -2.19. The highest BCUT2D eigenvalue weighted by molar-refractivity contribution is 9.10. The van der Waals surface area contributed by atoms with E-state index >= 15 is 0 Å². The molecular formula is C22H20BrF3N4O2. The van der Waals surface area contributed by atoms with Crippen LogP contribution < -0.4 is 5.32 Å². The third-order valence-electron chi connectivity index (χ3n) is 5.17. The minimum atomic E-state index is -4.56. The van der Waals surface area contributed by atoms with Gasteiger partial charge in [-0.2, -0.15) is 18.3 Å². The number of alkyl halides is 3. The fourth-order valence-electron chi connectivity index (χ4n) is 3.60. The molecule has 1 aliphatic heterocycles. The molecule has 4 rings (SSSR count). The molecule has 1 aromatic carbocycles. The van der Waals surface area contributed by atoms with Crippen LogP contribution in [0.3, 0.4) is 0 Å². The van der Waals surface area contributed by atoms with Gasteiger partial charge in [0.25, 0.3) is 0 Å². The van der Waals surface area contributed by atoms with Crippen LogP contribution in [0.5, 0.6) is 0 Å². The van der Waals surface area contributed by atoms with Crippen molar-refractivity contribution in [3.05, 3.63) is 70.1 Å². The number of nitrogens with one attached hydrogen (secondary N) is 1. The summed E-state index contributed by atoms with van der Waals surface area (Å²) in [5, 5.41) is 6.89. The summed E-state index contributed by atoms with van der Waals surface area (Å²) in [7, 11) is 0. The first kappa shape index (κ1) is 22.5. The summed E-state index contributed by atoms with van der Waals surface area (Å²) in [5.74, 6) is -0.102. The molecule has 1 aliphatic rings. The Labute approximate surface area is 190 Å². The van der Waals surface area contributed by atoms with Crippen molar-refractivity contribution < 1.29 is 22.7 Å². The highest BCUT2D eigenvalue weighted by atomic mass is 79.9. The van der Waals surface area contributed by atoms with Crippen molar-refractivity contribution in [2.75, 3.05) is 18.5 Å². The van der Waals surface area contributed by atoms with Crippen LogP contribution in [0.25, 0.3) is 5.69 Å². The van der Waals surface area contributed by atoms with Crippen LogP contribution in [0.4, 0.5) is 19.0 Å². The number of nitrogens with zero attached hydrogens (tertiary/aromatic N) is 3. The van der Waals surface area contributed by atoms with E-state index in [1.807, 2.05) is 24.3 Å². The van der Waals surface area contributed by atoms with Gasteiger partial charge in [0, 0.05) is 23.6 Å². The van der Waals surface area contributed by atoms with Crippen molar-refractivity contribution in [2.45, 2.75) is 31.4 Å². The Morgan fingerprint density at radius 2 is 1.97 bits per heavy atom. The predicted octanol–water partition coefficient (Wildman–Crippen LogP) is 5.12. The molecule has 32 heavy (non-hydrogen) atoms. The van der Waals surface area contributed by atoms with Gasteiger partial charge in [-0.3, -0.25) is 4.79 Å². The van der Waals surface area contributed by atoms with E-state index in [2.05, 4.69) is 31.3 Å². The van der Waals surface area contributed by atoms with Gasteiger partial charge >= 0.3 is 6.18 Å². The van der Waals surface area contributed by atoms with Crippen LogP contribution in [0.2, 0.25) is 0 Å². The number of rotatable bonds is 5. The van der Waals surface area contributed by atoms with Gasteiger partial charge < -0.3 is 10.1 Å². The van der Waals surface area contributed by atoms with Crippen molar-refractivity contribution in [1.29, 1.82) is 0 Å². The number of benzene rings is 1. The van der Waals surface area contributed by atoms with Gasteiger partial charge in [-0.15, -0.1) is 0 Å². The van der Waals surface area contributed by atoms with E-state index in [0.717, 1.165) is 20.8 Å². The largest absolute Gasteiger partial charge is 0.433 e. The molecule has 0 bridgehead atoms. The first-order chi connectivity index (χ1) is 15.3. The van der Waals surface area contributed by atoms with Crippen LogP contribution in [-0.2, 0) is 22.1 Å². The Bertz CT molecular complexity index is 1090. The van der Waals surface area contributed by atoms with Gasteiger partial charge in [-0.1, -0.05) is 28.1 Å². The van der Waals surface area contributed by atoms with E-state index in [0.29, 0.717) is 31.7 Å². The number of anilines is 1. The molecule has 2 aromatic heterocycles. The minimum absolute atomic E-state index is 0.0735. The van der Waals surface area contributed by atoms with Crippen molar-refractivity contribution in [2.24, 2.45) is 0 Å². The molecule has 10 heteroatoms. The second-order valence-electron chi connectivity index (χ2n) is 7.51. The van der Waals surface area contributed by atoms with Crippen LogP contribution in [0.15, 0.2) is 53.1 Å². The fraction of sp³-hybridized carbons (Fsp3) is 0.318. The molecule has 1 fully saturated rings. The Balaban J connectivity index is 1.51. The lowest BCUT2D eigenvalue weighted by Crippen LogP contribution is -2.16. The molecule has 0 radical (unpaired) electrons. The van der Waals surface area contributed by atoms with E-state index in [-0.39, 0.29) is 29.8 Å². The molecule has 0 aliphatic carbocycles. The summed E-state index contributed by atoms with van der Waals surface area (Å²) in [4.78, 5) is 16.4. The van der Waals surface area contributed by atoms with Crippen molar-refractivity contribution in [3.63, 3.8) is 0 Å². The Morgan fingerprint density at radius 3 is 2.62 bits per heavy atom. The van der Waals surface area contributed by atoms with Crippen LogP contribution in [-0.4, -0.2) is 33.9 Å². The zero-order valence-electron chi connectivity index (χ0n) is 16.9. The maximum absolute atomic E-state index is 13.6. The van der Waals surface area contributed by atoms with E-state index in [9.17, 15) is 18.0 Å². The Kier molecular flexibility index (Phi) is 6.61. The van der Waals surface area contributed by atoms with Gasteiger partial charge in [-0.25, -0.2) is 9.67 Å². The van der Waals surface area contributed by atoms with Crippen LogP contribution in [0, 0.1) is 0 Å². The molecule has 0 atom stereocenters. The molecule has 0 spiro atoms. The predicted molar refractivity (Wildman–Crippen MR) is 116 cm³/mol.